The second kappa shape index (κ2) is 4.52. The summed E-state index contributed by atoms with van der Waals surface area (Å²) >= 11 is 0. The number of hydrogen-bond donors (Lipinski definition) is 1. The van der Waals surface area contributed by atoms with Crippen molar-refractivity contribution in [1.29, 1.82) is 0 Å². The molecule has 0 saturated heterocycles. The Labute approximate surface area is 91.4 Å². The quantitative estimate of drug-likeness (QED) is 0.672. The highest BCUT2D eigenvalue weighted by Gasteiger charge is 2.51. The summed E-state index contributed by atoms with van der Waals surface area (Å²) in [5.74, 6) is 0.976. The lowest BCUT2D eigenvalue weighted by Crippen LogP contribution is -2.59. The fraction of sp³-hybridized carbons (Fsp3) is 0.917. The molecule has 15 heavy (non-hydrogen) atoms. The maximum atomic E-state index is 11.6. The Hall–Kier alpha value is -0.570. The number of carbonyl (C=O) groups excluding carboxylic acids is 1. The summed E-state index contributed by atoms with van der Waals surface area (Å²) in [7, 11) is 1.46. The van der Waals surface area contributed by atoms with Crippen LogP contribution in [0, 0.1) is 17.8 Å². The van der Waals surface area contributed by atoms with Gasteiger partial charge in [0.25, 0.3) is 0 Å². The molecule has 3 heteroatoms. The molecule has 2 saturated carbocycles. The van der Waals surface area contributed by atoms with Crippen molar-refractivity contribution in [1.82, 2.24) is 0 Å². The number of methoxy groups -OCH3 is 1. The smallest absolute Gasteiger partial charge is 0.310 e. The molecule has 86 valence electrons. The molecule has 3 nitrogen and oxygen atoms in total. The zero-order chi connectivity index (χ0) is 10.8. The highest BCUT2D eigenvalue weighted by atomic mass is 16.5. The molecule has 0 unspecified atom stereocenters. The zero-order valence-electron chi connectivity index (χ0n) is 9.45. The lowest BCUT2D eigenvalue weighted by atomic mass is 9.57. The minimum Gasteiger partial charge on any atom is -0.469 e. The van der Waals surface area contributed by atoms with E-state index in [0.29, 0.717) is 11.8 Å². The molecule has 0 spiro atoms. The Kier molecular flexibility index (Phi) is 3.29. The van der Waals surface area contributed by atoms with Crippen LogP contribution in [0.25, 0.3) is 0 Å². The maximum Gasteiger partial charge on any atom is 0.310 e. The zero-order valence-corrected chi connectivity index (χ0v) is 9.45. The fourth-order valence-electron chi connectivity index (χ4n) is 3.34. The van der Waals surface area contributed by atoms with Crippen LogP contribution in [0.4, 0.5) is 0 Å². The normalized spacial score (nSPS) is 40.7. The standard InChI is InChI=1S/C12H21NO2/c1-15-12(14)10-8-6-4-2-3-5-7-9(8)11(10)13/h8-11H,2-7,13H2,1H3/t8-,9+,10-,11-/m0/s1. The number of hydrogen-bond acceptors (Lipinski definition) is 3. The van der Waals surface area contributed by atoms with E-state index in [1.165, 1.54) is 39.2 Å². The minimum absolute atomic E-state index is 0.0156. The first-order chi connectivity index (χ1) is 7.25. The molecular formula is C12H21NO2. The van der Waals surface area contributed by atoms with E-state index in [2.05, 4.69) is 0 Å². The van der Waals surface area contributed by atoms with Crippen molar-refractivity contribution in [3.63, 3.8) is 0 Å². The van der Waals surface area contributed by atoms with Crippen molar-refractivity contribution in [3.05, 3.63) is 0 Å². The summed E-state index contributed by atoms with van der Waals surface area (Å²) in [6.45, 7) is 0. The van der Waals surface area contributed by atoms with Crippen LogP contribution in [0.5, 0.6) is 0 Å². The SMILES string of the molecule is COC(=O)[C@@H]1[C@@H](N)[C@@H]2CCCCCC[C@@H]21. The lowest BCUT2D eigenvalue weighted by Gasteiger charge is -2.50. The van der Waals surface area contributed by atoms with Gasteiger partial charge < -0.3 is 10.5 Å². The highest BCUT2D eigenvalue weighted by Crippen LogP contribution is 2.47. The Balaban J connectivity index is 2.00. The van der Waals surface area contributed by atoms with E-state index in [-0.39, 0.29) is 17.9 Å². The number of nitrogens with two attached hydrogens (primary N) is 1. The maximum absolute atomic E-state index is 11.6. The van der Waals surface area contributed by atoms with E-state index in [1.54, 1.807) is 0 Å². The molecule has 2 rings (SSSR count). The predicted octanol–water partition coefficient (Wildman–Crippen LogP) is 1.70. The number of carbonyl (C=O) groups is 1. The molecule has 2 aliphatic rings. The molecule has 4 atom stereocenters. The van der Waals surface area contributed by atoms with Gasteiger partial charge in [-0.15, -0.1) is 0 Å². The van der Waals surface area contributed by atoms with E-state index in [4.69, 9.17) is 10.5 Å². The summed E-state index contributed by atoms with van der Waals surface area (Å²) in [6, 6.07) is 0.0561. The minimum atomic E-state index is -0.0932. The van der Waals surface area contributed by atoms with E-state index >= 15 is 0 Å². The second-order valence-corrected chi connectivity index (χ2v) is 4.95. The average molecular weight is 211 g/mol. The molecule has 2 fully saturated rings. The van der Waals surface area contributed by atoms with Gasteiger partial charge in [-0.1, -0.05) is 25.7 Å². The number of rotatable bonds is 1. The van der Waals surface area contributed by atoms with Crippen LogP contribution in [0.2, 0.25) is 0 Å². The summed E-state index contributed by atoms with van der Waals surface area (Å²) in [6.07, 6.45) is 7.55. The Morgan fingerprint density at radius 1 is 1.13 bits per heavy atom. The first-order valence-electron chi connectivity index (χ1n) is 6.09. The largest absolute Gasteiger partial charge is 0.469 e. The first-order valence-corrected chi connectivity index (χ1v) is 6.09. The van der Waals surface area contributed by atoms with Gasteiger partial charge in [-0.25, -0.2) is 0 Å². The van der Waals surface area contributed by atoms with Crippen LogP contribution in [0.15, 0.2) is 0 Å². The number of fused-ring (bicyclic) bond motifs is 1. The van der Waals surface area contributed by atoms with Crippen LogP contribution in [0.3, 0.4) is 0 Å². The van der Waals surface area contributed by atoms with Gasteiger partial charge in [-0.3, -0.25) is 4.79 Å². The van der Waals surface area contributed by atoms with E-state index < -0.39 is 0 Å². The van der Waals surface area contributed by atoms with Crippen molar-refractivity contribution in [2.75, 3.05) is 7.11 Å². The van der Waals surface area contributed by atoms with Gasteiger partial charge in [0.1, 0.15) is 0 Å². The van der Waals surface area contributed by atoms with Gasteiger partial charge in [0.05, 0.1) is 13.0 Å². The molecule has 0 heterocycles. The van der Waals surface area contributed by atoms with Crippen LogP contribution in [0.1, 0.15) is 38.5 Å². The first kappa shape index (κ1) is 10.9. The van der Waals surface area contributed by atoms with E-state index in [0.717, 1.165) is 6.42 Å². The van der Waals surface area contributed by atoms with Gasteiger partial charge in [0.15, 0.2) is 0 Å². The summed E-state index contributed by atoms with van der Waals surface area (Å²) in [5, 5.41) is 0. The lowest BCUT2D eigenvalue weighted by molar-refractivity contribution is -0.158. The predicted molar refractivity (Wildman–Crippen MR) is 58.2 cm³/mol. The molecule has 2 N–H and O–H groups in total. The molecule has 0 bridgehead atoms. The summed E-state index contributed by atoms with van der Waals surface area (Å²) < 4.78 is 4.83. The molecule has 0 aromatic heterocycles. The number of esters is 1. The van der Waals surface area contributed by atoms with Gasteiger partial charge in [-0.05, 0) is 24.7 Å². The topological polar surface area (TPSA) is 52.3 Å². The fourth-order valence-corrected chi connectivity index (χ4v) is 3.34. The Morgan fingerprint density at radius 3 is 2.33 bits per heavy atom. The van der Waals surface area contributed by atoms with Crippen LogP contribution < -0.4 is 5.73 Å². The Morgan fingerprint density at radius 2 is 1.73 bits per heavy atom. The average Bonchev–Trinajstić information content (AvgIpc) is 2.21. The van der Waals surface area contributed by atoms with Crippen molar-refractivity contribution >= 4 is 5.97 Å². The molecule has 2 aliphatic carbocycles. The third kappa shape index (κ3) is 1.89. The third-order valence-corrected chi connectivity index (χ3v) is 4.22. The second-order valence-electron chi connectivity index (χ2n) is 4.95. The van der Waals surface area contributed by atoms with Crippen molar-refractivity contribution in [2.45, 2.75) is 44.6 Å². The molecule has 0 amide bonds. The molecular weight excluding hydrogens is 190 g/mol. The van der Waals surface area contributed by atoms with Crippen LogP contribution >= 0.6 is 0 Å². The van der Waals surface area contributed by atoms with Crippen LogP contribution in [-0.2, 0) is 9.53 Å². The van der Waals surface area contributed by atoms with Gasteiger partial charge in [0, 0.05) is 6.04 Å². The van der Waals surface area contributed by atoms with Crippen molar-refractivity contribution < 1.29 is 9.53 Å². The van der Waals surface area contributed by atoms with Gasteiger partial charge in [0.2, 0.25) is 0 Å². The third-order valence-electron chi connectivity index (χ3n) is 4.22. The van der Waals surface area contributed by atoms with Crippen LogP contribution in [-0.4, -0.2) is 19.1 Å². The van der Waals surface area contributed by atoms with E-state index in [1.807, 2.05) is 0 Å². The molecule has 0 aliphatic heterocycles. The summed E-state index contributed by atoms with van der Waals surface area (Å²) in [5.41, 5.74) is 6.07. The molecule has 0 aromatic rings. The number of ether oxygens (including phenoxy) is 1. The monoisotopic (exact) mass is 211 g/mol. The van der Waals surface area contributed by atoms with Crippen molar-refractivity contribution in [2.24, 2.45) is 23.5 Å². The van der Waals surface area contributed by atoms with E-state index in [9.17, 15) is 4.79 Å². The summed E-state index contributed by atoms with van der Waals surface area (Å²) in [4.78, 5) is 11.6. The Bertz CT molecular complexity index is 242. The van der Waals surface area contributed by atoms with Gasteiger partial charge in [-0.2, -0.15) is 0 Å². The van der Waals surface area contributed by atoms with Crippen molar-refractivity contribution in [3.8, 4) is 0 Å². The molecule has 0 radical (unpaired) electrons. The van der Waals surface area contributed by atoms with Gasteiger partial charge >= 0.3 is 5.97 Å². The highest BCUT2D eigenvalue weighted by molar-refractivity contribution is 5.75. The molecule has 0 aromatic carbocycles.